The third-order valence-corrected chi connectivity index (χ3v) is 2.51. The number of hydrogen-bond donors (Lipinski definition) is 2. The lowest BCUT2D eigenvalue weighted by molar-refractivity contribution is -0.123. The van der Waals surface area contributed by atoms with Crippen LogP contribution in [0.15, 0.2) is 18.2 Å². The largest absolute Gasteiger partial charge is 0.482 e. The fraction of sp³-hybridized carbons (Fsp3) is 0.417. The molecule has 6 heteroatoms. The molecule has 0 atom stereocenters. The van der Waals surface area contributed by atoms with Crippen molar-refractivity contribution in [1.29, 1.82) is 0 Å². The molecule has 0 bridgehead atoms. The highest BCUT2D eigenvalue weighted by Crippen LogP contribution is 2.25. The Morgan fingerprint density at radius 1 is 1.50 bits per heavy atom. The zero-order valence-electron chi connectivity index (χ0n) is 10.2. The molecule has 100 valence electrons. The summed E-state index contributed by atoms with van der Waals surface area (Å²) < 4.78 is 10.1. The number of carbonyl (C=O) groups excluding carboxylic acids is 1. The van der Waals surface area contributed by atoms with Crippen LogP contribution in [0, 0.1) is 0 Å². The molecule has 0 saturated carbocycles. The number of ether oxygens (including phenoxy) is 2. The Bertz CT molecular complexity index is 399. The Kier molecular flexibility index (Phi) is 6.49. The third kappa shape index (κ3) is 4.91. The van der Waals surface area contributed by atoms with Crippen LogP contribution in [0.2, 0.25) is 5.02 Å². The van der Waals surface area contributed by atoms with E-state index in [1.807, 2.05) is 6.07 Å². The number of amides is 1. The number of hydrogen-bond acceptors (Lipinski definition) is 4. The predicted octanol–water partition coefficient (Wildman–Crippen LogP) is 0.940. The minimum absolute atomic E-state index is 0.0780. The highest BCUT2D eigenvalue weighted by molar-refractivity contribution is 6.32. The van der Waals surface area contributed by atoms with Gasteiger partial charge < -0.3 is 20.5 Å². The molecular formula is C12H17ClN2O3. The first-order valence-corrected chi connectivity index (χ1v) is 5.92. The van der Waals surface area contributed by atoms with Crippen LogP contribution in [0.5, 0.6) is 5.75 Å². The maximum absolute atomic E-state index is 11.4. The van der Waals surface area contributed by atoms with Crippen LogP contribution >= 0.6 is 11.6 Å². The first-order valence-electron chi connectivity index (χ1n) is 5.54. The van der Waals surface area contributed by atoms with Gasteiger partial charge in [0.05, 0.1) is 11.6 Å². The second-order valence-corrected chi connectivity index (χ2v) is 4.01. The molecule has 0 aliphatic heterocycles. The Labute approximate surface area is 111 Å². The number of methoxy groups -OCH3 is 1. The van der Waals surface area contributed by atoms with Crippen molar-refractivity contribution in [2.75, 3.05) is 26.9 Å². The van der Waals surface area contributed by atoms with Gasteiger partial charge in [-0.1, -0.05) is 17.7 Å². The van der Waals surface area contributed by atoms with Gasteiger partial charge >= 0.3 is 0 Å². The number of nitrogens with one attached hydrogen (secondary N) is 1. The lowest BCUT2D eigenvalue weighted by atomic mass is 10.2. The van der Waals surface area contributed by atoms with Gasteiger partial charge in [-0.25, -0.2) is 0 Å². The molecule has 0 radical (unpaired) electrons. The van der Waals surface area contributed by atoms with Gasteiger partial charge in [0.25, 0.3) is 5.91 Å². The summed E-state index contributed by atoms with van der Waals surface area (Å²) in [7, 11) is 1.57. The van der Waals surface area contributed by atoms with Gasteiger partial charge in [-0.2, -0.15) is 0 Å². The topological polar surface area (TPSA) is 73.6 Å². The molecule has 0 aromatic heterocycles. The first kappa shape index (κ1) is 14.8. The van der Waals surface area contributed by atoms with E-state index in [9.17, 15) is 4.79 Å². The predicted molar refractivity (Wildman–Crippen MR) is 69.7 cm³/mol. The van der Waals surface area contributed by atoms with Gasteiger partial charge in [-0.3, -0.25) is 4.79 Å². The van der Waals surface area contributed by atoms with E-state index in [1.54, 1.807) is 19.2 Å². The van der Waals surface area contributed by atoms with Crippen LogP contribution in [-0.4, -0.2) is 32.8 Å². The molecule has 1 aromatic carbocycles. The van der Waals surface area contributed by atoms with E-state index in [0.717, 1.165) is 5.56 Å². The Morgan fingerprint density at radius 3 is 2.89 bits per heavy atom. The quantitative estimate of drug-likeness (QED) is 0.725. The lowest BCUT2D eigenvalue weighted by Crippen LogP contribution is -2.31. The molecule has 3 N–H and O–H groups in total. The number of benzene rings is 1. The number of carbonyl (C=O) groups is 1. The van der Waals surface area contributed by atoms with E-state index in [0.29, 0.717) is 30.5 Å². The molecule has 1 aromatic rings. The number of halogens is 1. The summed E-state index contributed by atoms with van der Waals surface area (Å²) in [5.41, 5.74) is 6.40. The molecule has 0 saturated heterocycles. The summed E-state index contributed by atoms with van der Waals surface area (Å²) in [4.78, 5) is 11.4. The zero-order valence-corrected chi connectivity index (χ0v) is 11.0. The van der Waals surface area contributed by atoms with Crippen molar-refractivity contribution in [1.82, 2.24) is 5.32 Å². The van der Waals surface area contributed by atoms with Crippen molar-refractivity contribution in [3.05, 3.63) is 28.8 Å². The molecule has 0 aliphatic rings. The summed E-state index contributed by atoms with van der Waals surface area (Å²) in [6.07, 6.45) is 0. The van der Waals surface area contributed by atoms with Crippen LogP contribution in [0.25, 0.3) is 0 Å². The molecule has 1 rings (SSSR count). The number of nitrogens with two attached hydrogens (primary N) is 1. The van der Waals surface area contributed by atoms with Gasteiger partial charge in [-0.15, -0.1) is 0 Å². The molecule has 18 heavy (non-hydrogen) atoms. The van der Waals surface area contributed by atoms with E-state index < -0.39 is 0 Å². The molecule has 0 spiro atoms. The monoisotopic (exact) mass is 272 g/mol. The van der Waals surface area contributed by atoms with Crippen LogP contribution in [-0.2, 0) is 16.1 Å². The summed E-state index contributed by atoms with van der Waals surface area (Å²) in [5.74, 6) is 0.252. The van der Waals surface area contributed by atoms with Crippen LogP contribution in [0.3, 0.4) is 0 Å². The summed E-state index contributed by atoms with van der Waals surface area (Å²) in [6.45, 7) is 1.26. The van der Waals surface area contributed by atoms with E-state index in [4.69, 9.17) is 26.8 Å². The molecule has 0 aliphatic carbocycles. The molecule has 0 fully saturated rings. The maximum Gasteiger partial charge on any atom is 0.258 e. The summed E-state index contributed by atoms with van der Waals surface area (Å²) in [6, 6.07) is 5.23. The lowest BCUT2D eigenvalue weighted by Gasteiger charge is -2.09. The Hall–Kier alpha value is -1.30. The fourth-order valence-corrected chi connectivity index (χ4v) is 1.53. The van der Waals surface area contributed by atoms with E-state index in [-0.39, 0.29) is 12.5 Å². The maximum atomic E-state index is 11.4. The van der Waals surface area contributed by atoms with E-state index in [2.05, 4.69) is 5.32 Å². The average Bonchev–Trinajstić information content (AvgIpc) is 2.37. The Balaban J connectivity index is 2.41. The summed E-state index contributed by atoms with van der Waals surface area (Å²) >= 11 is 5.99. The van der Waals surface area contributed by atoms with Crippen LogP contribution in [0.1, 0.15) is 5.56 Å². The molecule has 0 unspecified atom stereocenters. The zero-order chi connectivity index (χ0) is 13.4. The molecule has 0 heterocycles. The van der Waals surface area contributed by atoms with Crippen LogP contribution in [0.4, 0.5) is 0 Å². The highest BCUT2D eigenvalue weighted by atomic mass is 35.5. The van der Waals surface area contributed by atoms with Gasteiger partial charge in [0, 0.05) is 20.2 Å². The average molecular weight is 273 g/mol. The highest BCUT2D eigenvalue weighted by Gasteiger charge is 2.06. The van der Waals surface area contributed by atoms with Crippen molar-refractivity contribution in [3.63, 3.8) is 0 Å². The molecular weight excluding hydrogens is 256 g/mol. The van der Waals surface area contributed by atoms with Gasteiger partial charge in [-0.05, 0) is 17.7 Å². The SMILES string of the molecule is COCCNC(=O)COc1ccc(CN)cc1Cl. The van der Waals surface area contributed by atoms with Crippen molar-refractivity contribution >= 4 is 17.5 Å². The first-order chi connectivity index (χ1) is 8.67. The minimum atomic E-state index is -0.217. The van der Waals surface area contributed by atoms with Crippen molar-refractivity contribution < 1.29 is 14.3 Å². The van der Waals surface area contributed by atoms with Gasteiger partial charge in [0.1, 0.15) is 5.75 Å². The second-order valence-electron chi connectivity index (χ2n) is 3.60. The van der Waals surface area contributed by atoms with E-state index >= 15 is 0 Å². The Morgan fingerprint density at radius 2 is 2.28 bits per heavy atom. The number of rotatable bonds is 7. The van der Waals surface area contributed by atoms with Crippen molar-refractivity contribution in [2.24, 2.45) is 5.73 Å². The van der Waals surface area contributed by atoms with Gasteiger partial charge in [0.2, 0.25) is 0 Å². The second kappa shape index (κ2) is 7.92. The van der Waals surface area contributed by atoms with Crippen LogP contribution < -0.4 is 15.8 Å². The van der Waals surface area contributed by atoms with Crippen molar-refractivity contribution in [2.45, 2.75) is 6.54 Å². The fourth-order valence-electron chi connectivity index (χ4n) is 1.28. The van der Waals surface area contributed by atoms with Crippen molar-refractivity contribution in [3.8, 4) is 5.75 Å². The molecule has 5 nitrogen and oxygen atoms in total. The summed E-state index contributed by atoms with van der Waals surface area (Å²) in [5, 5.41) is 3.09. The normalized spacial score (nSPS) is 10.2. The minimum Gasteiger partial charge on any atom is -0.482 e. The third-order valence-electron chi connectivity index (χ3n) is 2.22. The standard InChI is InChI=1S/C12H17ClN2O3/c1-17-5-4-15-12(16)8-18-11-3-2-9(7-14)6-10(11)13/h2-3,6H,4-5,7-8,14H2,1H3,(H,15,16). The smallest absolute Gasteiger partial charge is 0.258 e. The molecule has 1 amide bonds. The van der Waals surface area contributed by atoms with Gasteiger partial charge in [0.15, 0.2) is 6.61 Å². The van der Waals surface area contributed by atoms with E-state index in [1.165, 1.54) is 0 Å².